The molecule has 0 aliphatic carbocycles. The molecule has 0 aliphatic heterocycles. The molecule has 0 aliphatic rings. The number of amides is 1. The van der Waals surface area contributed by atoms with Crippen molar-refractivity contribution in [1.82, 2.24) is 5.32 Å². The summed E-state index contributed by atoms with van der Waals surface area (Å²) >= 11 is 2.80. The zero-order chi connectivity index (χ0) is 15.7. The Morgan fingerprint density at radius 2 is 2.00 bits per heavy atom. The van der Waals surface area contributed by atoms with E-state index in [4.69, 9.17) is 10.7 Å². The van der Waals surface area contributed by atoms with Crippen molar-refractivity contribution in [1.29, 1.82) is 0 Å². The molecular weight excluding hydrogens is 373 g/mol. The second-order valence-corrected chi connectivity index (χ2v) is 8.23. The van der Waals surface area contributed by atoms with E-state index in [2.05, 4.69) is 21.2 Å². The lowest BCUT2D eigenvalue weighted by atomic mass is 10.0. The van der Waals surface area contributed by atoms with Crippen molar-refractivity contribution >= 4 is 41.6 Å². The van der Waals surface area contributed by atoms with Crippen LogP contribution in [0, 0.1) is 5.82 Å². The highest BCUT2D eigenvalue weighted by Gasteiger charge is 2.24. The van der Waals surface area contributed by atoms with Gasteiger partial charge in [-0.15, -0.1) is 0 Å². The Hall–Kier alpha value is -0.660. The maximum absolute atomic E-state index is 13.7. The molecule has 1 aromatic rings. The fourth-order valence-electron chi connectivity index (χ4n) is 1.34. The Labute approximate surface area is 130 Å². The van der Waals surface area contributed by atoms with Gasteiger partial charge in [0.25, 0.3) is 15.0 Å². The van der Waals surface area contributed by atoms with Gasteiger partial charge in [0.05, 0.1) is 4.47 Å². The standard InChI is InChI=1S/C12H14BrClFNO3S/c1-4-12(2,3)16-11(17)7-5-8(15)10(13)9(6-7)20(14,18)19/h5-6H,4H2,1-3H3,(H,16,17). The average molecular weight is 387 g/mol. The molecule has 0 spiro atoms. The van der Waals surface area contributed by atoms with Gasteiger partial charge in [-0.25, -0.2) is 12.8 Å². The monoisotopic (exact) mass is 385 g/mol. The molecule has 0 saturated heterocycles. The van der Waals surface area contributed by atoms with E-state index in [0.717, 1.165) is 12.1 Å². The topological polar surface area (TPSA) is 63.2 Å². The number of nitrogens with one attached hydrogen (secondary N) is 1. The maximum atomic E-state index is 13.7. The lowest BCUT2D eigenvalue weighted by molar-refractivity contribution is 0.0910. The zero-order valence-electron chi connectivity index (χ0n) is 11.1. The van der Waals surface area contributed by atoms with E-state index in [1.165, 1.54) is 0 Å². The second-order valence-electron chi connectivity index (χ2n) is 4.90. The molecule has 0 heterocycles. The molecule has 8 heteroatoms. The van der Waals surface area contributed by atoms with Crippen LogP contribution >= 0.6 is 26.6 Å². The highest BCUT2D eigenvalue weighted by Crippen LogP contribution is 2.29. The fourth-order valence-corrected chi connectivity index (χ4v) is 3.43. The van der Waals surface area contributed by atoms with E-state index in [1.807, 2.05) is 6.92 Å². The highest BCUT2D eigenvalue weighted by molar-refractivity contribution is 9.10. The minimum Gasteiger partial charge on any atom is -0.347 e. The van der Waals surface area contributed by atoms with Crippen molar-refractivity contribution < 1.29 is 17.6 Å². The Morgan fingerprint density at radius 3 is 2.45 bits per heavy atom. The number of hydrogen-bond acceptors (Lipinski definition) is 3. The van der Waals surface area contributed by atoms with Crippen molar-refractivity contribution in [3.8, 4) is 0 Å². The number of halogens is 3. The van der Waals surface area contributed by atoms with E-state index < -0.39 is 31.2 Å². The maximum Gasteiger partial charge on any atom is 0.262 e. The molecule has 1 rings (SSSR count). The summed E-state index contributed by atoms with van der Waals surface area (Å²) in [4.78, 5) is 11.6. The van der Waals surface area contributed by atoms with Gasteiger partial charge in [-0.3, -0.25) is 4.79 Å². The molecular formula is C12H14BrClFNO3S. The van der Waals surface area contributed by atoms with E-state index >= 15 is 0 Å². The number of benzene rings is 1. The van der Waals surface area contributed by atoms with Crippen molar-refractivity contribution in [3.63, 3.8) is 0 Å². The normalized spacial score (nSPS) is 12.3. The van der Waals surface area contributed by atoms with Gasteiger partial charge in [0.2, 0.25) is 0 Å². The summed E-state index contributed by atoms with van der Waals surface area (Å²) in [5, 5.41) is 2.69. The third kappa shape index (κ3) is 4.17. The van der Waals surface area contributed by atoms with Crippen LogP contribution in [-0.4, -0.2) is 19.9 Å². The largest absolute Gasteiger partial charge is 0.347 e. The zero-order valence-corrected chi connectivity index (χ0v) is 14.3. The van der Waals surface area contributed by atoms with Gasteiger partial charge in [0, 0.05) is 21.8 Å². The minimum atomic E-state index is -4.16. The first-order valence-corrected chi connectivity index (χ1v) is 8.84. The summed E-state index contributed by atoms with van der Waals surface area (Å²) in [6.45, 7) is 5.50. The van der Waals surface area contributed by atoms with Crippen molar-refractivity contribution in [2.45, 2.75) is 37.6 Å². The molecule has 0 unspecified atom stereocenters. The second kappa shape index (κ2) is 5.99. The van der Waals surface area contributed by atoms with Crippen molar-refractivity contribution in [2.24, 2.45) is 0 Å². The first-order chi connectivity index (χ1) is 8.98. The molecule has 4 nitrogen and oxygen atoms in total. The molecule has 0 radical (unpaired) electrons. The van der Waals surface area contributed by atoms with Crippen LogP contribution in [0.25, 0.3) is 0 Å². The summed E-state index contributed by atoms with van der Waals surface area (Å²) in [7, 11) is 1.06. The first-order valence-electron chi connectivity index (χ1n) is 5.74. The molecule has 0 bridgehead atoms. The third-order valence-corrected chi connectivity index (χ3v) is 5.27. The fraction of sp³-hybridized carbons (Fsp3) is 0.417. The predicted octanol–water partition coefficient (Wildman–Crippen LogP) is 3.43. The number of carbonyl (C=O) groups is 1. The van der Waals surface area contributed by atoms with Crippen LogP contribution in [0.15, 0.2) is 21.5 Å². The van der Waals surface area contributed by atoms with Crippen molar-refractivity contribution in [3.05, 3.63) is 28.0 Å². The van der Waals surface area contributed by atoms with Gasteiger partial charge in [0.15, 0.2) is 0 Å². The number of hydrogen-bond donors (Lipinski definition) is 1. The van der Waals surface area contributed by atoms with E-state index in [0.29, 0.717) is 6.42 Å². The summed E-state index contributed by atoms with van der Waals surface area (Å²) in [5.41, 5.74) is -0.591. The SMILES string of the molecule is CCC(C)(C)NC(=O)c1cc(F)c(Br)c(S(=O)(=O)Cl)c1. The van der Waals surface area contributed by atoms with E-state index in [-0.39, 0.29) is 10.0 Å². The third-order valence-electron chi connectivity index (χ3n) is 2.86. The average Bonchev–Trinajstić information content (AvgIpc) is 2.30. The highest BCUT2D eigenvalue weighted by atomic mass is 79.9. The van der Waals surface area contributed by atoms with Crippen LogP contribution in [0.5, 0.6) is 0 Å². The molecule has 1 N–H and O–H groups in total. The molecule has 20 heavy (non-hydrogen) atoms. The number of rotatable bonds is 4. The van der Waals surface area contributed by atoms with Crippen molar-refractivity contribution in [2.75, 3.05) is 0 Å². The molecule has 112 valence electrons. The lowest BCUT2D eigenvalue weighted by Crippen LogP contribution is -2.42. The molecule has 1 aromatic carbocycles. The van der Waals surface area contributed by atoms with Gasteiger partial charge in [-0.2, -0.15) is 0 Å². The summed E-state index contributed by atoms with van der Waals surface area (Å²) < 4.78 is 36.1. The Bertz CT molecular complexity index is 646. The van der Waals surface area contributed by atoms with Crippen LogP contribution in [-0.2, 0) is 9.05 Å². The lowest BCUT2D eigenvalue weighted by Gasteiger charge is -2.24. The van der Waals surface area contributed by atoms with Crippen LogP contribution in [0.4, 0.5) is 4.39 Å². The summed E-state index contributed by atoms with van der Waals surface area (Å²) in [6.07, 6.45) is 0.665. The molecule has 0 fully saturated rings. The molecule has 0 aromatic heterocycles. The van der Waals surface area contributed by atoms with Gasteiger partial charge >= 0.3 is 0 Å². The smallest absolute Gasteiger partial charge is 0.262 e. The van der Waals surface area contributed by atoms with Crippen LogP contribution in [0.3, 0.4) is 0 Å². The van der Waals surface area contributed by atoms with E-state index in [9.17, 15) is 17.6 Å². The quantitative estimate of drug-likeness (QED) is 0.806. The van der Waals surface area contributed by atoms with Crippen LogP contribution < -0.4 is 5.32 Å². The molecule has 0 atom stereocenters. The van der Waals surface area contributed by atoms with Gasteiger partial charge < -0.3 is 5.32 Å². The van der Waals surface area contributed by atoms with Gasteiger partial charge in [0.1, 0.15) is 10.7 Å². The first kappa shape index (κ1) is 17.4. The summed E-state index contributed by atoms with van der Waals surface area (Å²) in [5.74, 6) is -1.43. The van der Waals surface area contributed by atoms with Crippen LogP contribution in [0.1, 0.15) is 37.6 Å². The van der Waals surface area contributed by atoms with Gasteiger partial charge in [-0.1, -0.05) is 6.92 Å². The number of carbonyl (C=O) groups excluding carboxylic acids is 1. The molecule has 0 saturated carbocycles. The van der Waals surface area contributed by atoms with Crippen LogP contribution in [0.2, 0.25) is 0 Å². The Balaban J connectivity index is 3.28. The molecule has 1 amide bonds. The summed E-state index contributed by atoms with van der Waals surface area (Å²) in [6, 6.07) is 1.99. The van der Waals surface area contributed by atoms with Gasteiger partial charge in [-0.05, 0) is 48.3 Å². The predicted molar refractivity (Wildman–Crippen MR) is 79.0 cm³/mol. The minimum absolute atomic E-state index is 0.105. The Kier molecular flexibility index (Phi) is 5.21. The Morgan fingerprint density at radius 1 is 1.45 bits per heavy atom. The van der Waals surface area contributed by atoms with E-state index in [1.54, 1.807) is 13.8 Å².